The monoisotopic (exact) mass is 289 g/mol. The molecular weight excluding hydrogens is 266 g/mol. The highest BCUT2D eigenvalue weighted by atomic mass is 16.2. The van der Waals surface area contributed by atoms with E-state index in [0.717, 1.165) is 50.0 Å². The highest BCUT2D eigenvalue weighted by molar-refractivity contribution is 6.07. The number of nitrogens with one attached hydrogen (secondary N) is 1. The first kappa shape index (κ1) is 14.3. The van der Waals surface area contributed by atoms with Gasteiger partial charge in [-0.05, 0) is 56.8 Å². The highest BCUT2D eigenvalue weighted by Gasteiger charge is 2.52. The Morgan fingerprint density at radius 1 is 1.29 bits per heavy atom. The third-order valence-electron chi connectivity index (χ3n) is 4.97. The van der Waals surface area contributed by atoms with Crippen LogP contribution in [0, 0.1) is 11.8 Å². The predicted octanol–water partition coefficient (Wildman–Crippen LogP) is 2.83. The van der Waals surface area contributed by atoms with Crippen LogP contribution in [0.2, 0.25) is 0 Å². The summed E-state index contributed by atoms with van der Waals surface area (Å²) in [5, 5.41) is 8.13. The molecule has 0 bridgehead atoms. The summed E-state index contributed by atoms with van der Waals surface area (Å²) in [4.78, 5) is 24.7. The highest BCUT2D eigenvalue weighted by Crippen LogP contribution is 2.36. The Balaban J connectivity index is 1.69. The average molecular weight is 289 g/mol. The van der Waals surface area contributed by atoms with Gasteiger partial charge >= 0.3 is 6.03 Å². The number of carbonyl (C=O) groups excluding carboxylic acids is 2. The molecule has 1 heterocycles. The first-order valence-corrected chi connectivity index (χ1v) is 7.96. The predicted molar refractivity (Wildman–Crippen MR) is 80.7 cm³/mol. The molecule has 2 aliphatic carbocycles. The molecule has 1 aliphatic heterocycles. The van der Waals surface area contributed by atoms with Crippen LogP contribution in [0.15, 0.2) is 17.3 Å². The number of rotatable bonds is 2. The van der Waals surface area contributed by atoms with E-state index in [1.165, 1.54) is 0 Å². The van der Waals surface area contributed by atoms with E-state index in [0.29, 0.717) is 11.8 Å². The Hall–Kier alpha value is -1.65. The van der Waals surface area contributed by atoms with Crippen molar-refractivity contribution in [3.8, 4) is 0 Å². The summed E-state index contributed by atoms with van der Waals surface area (Å²) in [5.41, 5.74) is -0.687. The molecule has 0 aromatic carbocycles. The molecule has 3 aliphatic rings. The second-order valence-electron chi connectivity index (χ2n) is 6.62. The number of urea groups is 1. The number of hydrogen-bond donors (Lipinski definition) is 1. The van der Waals surface area contributed by atoms with Crippen molar-refractivity contribution in [1.82, 2.24) is 10.3 Å². The molecule has 21 heavy (non-hydrogen) atoms. The summed E-state index contributed by atoms with van der Waals surface area (Å²) in [5.74, 6) is 0.799. The summed E-state index contributed by atoms with van der Waals surface area (Å²) in [6.45, 7) is 2.20. The molecule has 2 fully saturated rings. The number of nitrogens with zero attached hydrogens (tertiary/aromatic N) is 2. The van der Waals surface area contributed by atoms with Crippen LogP contribution < -0.4 is 5.32 Å². The maximum Gasteiger partial charge on any atom is 0.346 e. The van der Waals surface area contributed by atoms with Crippen molar-refractivity contribution in [2.75, 3.05) is 0 Å². The van der Waals surface area contributed by atoms with Gasteiger partial charge in [-0.15, -0.1) is 5.01 Å². The molecule has 3 amide bonds. The molecule has 0 aromatic heterocycles. The Labute approximate surface area is 125 Å². The van der Waals surface area contributed by atoms with E-state index in [-0.39, 0.29) is 11.9 Å². The lowest BCUT2D eigenvalue weighted by Gasteiger charge is -2.33. The van der Waals surface area contributed by atoms with Crippen molar-refractivity contribution in [3.05, 3.63) is 12.2 Å². The van der Waals surface area contributed by atoms with E-state index in [1.807, 2.05) is 0 Å². The summed E-state index contributed by atoms with van der Waals surface area (Å²) < 4.78 is 0. The molecule has 0 radical (unpaired) electrons. The number of hydrogen-bond acceptors (Lipinski definition) is 3. The first-order valence-electron chi connectivity index (χ1n) is 7.96. The zero-order valence-electron chi connectivity index (χ0n) is 12.5. The van der Waals surface area contributed by atoms with Crippen LogP contribution in [-0.2, 0) is 4.79 Å². The molecule has 1 spiro atoms. The molecule has 114 valence electrons. The van der Waals surface area contributed by atoms with E-state index >= 15 is 0 Å². The van der Waals surface area contributed by atoms with Crippen molar-refractivity contribution in [3.63, 3.8) is 0 Å². The molecule has 5 heteroatoms. The van der Waals surface area contributed by atoms with Crippen LogP contribution in [0.5, 0.6) is 0 Å². The van der Waals surface area contributed by atoms with Crippen molar-refractivity contribution in [2.24, 2.45) is 16.9 Å². The minimum absolute atomic E-state index is 0.165. The van der Waals surface area contributed by atoms with E-state index < -0.39 is 5.54 Å². The molecule has 1 unspecified atom stereocenters. The maximum absolute atomic E-state index is 12.6. The fourth-order valence-corrected chi connectivity index (χ4v) is 3.42. The van der Waals surface area contributed by atoms with Crippen molar-refractivity contribution in [1.29, 1.82) is 0 Å². The number of hydrazone groups is 1. The summed E-state index contributed by atoms with van der Waals surface area (Å²) in [6, 6.07) is -0.364. The van der Waals surface area contributed by atoms with E-state index in [9.17, 15) is 9.59 Å². The van der Waals surface area contributed by atoms with Gasteiger partial charge in [-0.1, -0.05) is 19.1 Å². The molecule has 1 N–H and O–H groups in total. The van der Waals surface area contributed by atoms with Crippen molar-refractivity contribution in [2.45, 2.75) is 57.4 Å². The lowest BCUT2D eigenvalue weighted by Crippen LogP contribution is -2.49. The first-order chi connectivity index (χ1) is 10.1. The summed E-state index contributed by atoms with van der Waals surface area (Å²) in [7, 11) is 0. The van der Waals surface area contributed by atoms with Gasteiger partial charge in [0.25, 0.3) is 5.91 Å². The smallest absolute Gasteiger partial charge is 0.321 e. The Morgan fingerprint density at radius 2 is 2.05 bits per heavy atom. The number of imide groups is 1. The van der Waals surface area contributed by atoms with Gasteiger partial charge in [0.2, 0.25) is 0 Å². The number of allylic oxidation sites excluding steroid dienone is 2. The van der Waals surface area contributed by atoms with Gasteiger partial charge in [-0.2, -0.15) is 5.10 Å². The van der Waals surface area contributed by atoms with Crippen molar-refractivity contribution >= 4 is 18.2 Å². The van der Waals surface area contributed by atoms with Crippen LogP contribution in [0.4, 0.5) is 4.79 Å². The maximum atomic E-state index is 12.6. The lowest BCUT2D eigenvalue weighted by molar-refractivity contribution is -0.132. The normalized spacial score (nSPS) is 36.7. The minimum Gasteiger partial charge on any atom is -0.321 e. The Bertz CT molecular complexity index is 490. The van der Waals surface area contributed by atoms with Gasteiger partial charge in [0, 0.05) is 6.21 Å². The Kier molecular flexibility index (Phi) is 3.83. The zero-order valence-corrected chi connectivity index (χ0v) is 12.5. The number of carbonyl (C=O) groups is 2. The fourth-order valence-electron chi connectivity index (χ4n) is 3.42. The van der Waals surface area contributed by atoms with Gasteiger partial charge in [-0.25, -0.2) is 4.79 Å². The van der Waals surface area contributed by atoms with Crippen LogP contribution in [-0.4, -0.2) is 28.7 Å². The topological polar surface area (TPSA) is 61.8 Å². The van der Waals surface area contributed by atoms with Crippen LogP contribution in [0.3, 0.4) is 0 Å². The third kappa shape index (κ3) is 2.74. The molecule has 5 nitrogen and oxygen atoms in total. The molecule has 1 atom stereocenters. The quantitative estimate of drug-likeness (QED) is 0.483. The standard InChI is InChI=1S/C16H23N3O2/c1-12-7-9-16(10-8-12)14(20)19(15(21)18-16)17-11-13-5-3-2-4-6-13/h2-3,11-13H,4-10H2,1H3,(H,18,21). The van der Waals surface area contributed by atoms with E-state index in [4.69, 9.17) is 0 Å². The van der Waals surface area contributed by atoms with Gasteiger partial charge in [0.1, 0.15) is 5.54 Å². The molecule has 1 saturated heterocycles. The number of amides is 3. The Morgan fingerprint density at radius 3 is 2.71 bits per heavy atom. The second-order valence-corrected chi connectivity index (χ2v) is 6.62. The zero-order chi connectivity index (χ0) is 14.9. The van der Waals surface area contributed by atoms with E-state index in [1.54, 1.807) is 6.21 Å². The van der Waals surface area contributed by atoms with Crippen LogP contribution >= 0.6 is 0 Å². The minimum atomic E-state index is -0.687. The van der Waals surface area contributed by atoms with Crippen LogP contribution in [0.1, 0.15) is 51.9 Å². The van der Waals surface area contributed by atoms with Gasteiger partial charge < -0.3 is 5.32 Å². The molecule has 1 saturated carbocycles. The third-order valence-corrected chi connectivity index (χ3v) is 4.97. The molecular formula is C16H23N3O2. The van der Waals surface area contributed by atoms with E-state index in [2.05, 4.69) is 29.5 Å². The summed E-state index contributed by atoms with van der Waals surface area (Å²) in [6.07, 6.45) is 12.5. The van der Waals surface area contributed by atoms with Crippen LogP contribution in [0.25, 0.3) is 0 Å². The van der Waals surface area contributed by atoms with Gasteiger partial charge in [-0.3, -0.25) is 4.79 Å². The second kappa shape index (κ2) is 5.62. The van der Waals surface area contributed by atoms with Crippen molar-refractivity contribution < 1.29 is 9.59 Å². The SMILES string of the molecule is CC1CCC2(CC1)NC(=O)N(N=CC1CC=CCC1)C2=O. The van der Waals surface area contributed by atoms with Gasteiger partial charge in [0.15, 0.2) is 0 Å². The van der Waals surface area contributed by atoms with Gasteiger partial charge in [0.05, 0.1) is 0 Å². The average Bonchev–Trinajstić information content (AvgIpc) is 2.73. The molecule has 3 rings (SSSR count). The fraction of sp³-hybridized carbons (Fsp3) is 0.688. The lowest BCUT2D eigenvalue weighted by atomic mass is 9.77. The molecule has 0 aromatic rings. The largest absolute Gasteiger partial charge is 0.346 e. The summed E-state index contributed by atoms with van der Waals surface area (Å²) >= 11 is 0.